The van der Waals surface area contributed by atoms with E-state index in [4.69, 9.17) is 20.7 Å². The summed E-state index contributed by atoms with van der Waals surface area (Å²) in [5.74, 6) is 0. The molecular formula is C10H15N3O5. The Balaban J connectivity index is 2.35. The van der Waals surface area contributed by atoms with Crippen molar-refractivity contribution in [3.8, 4) is 0 Å². The van der Waals surface area contributed by atoms with Gasteiger partial charge in [0.25, 0.3) is 5.56 Å². The Morgan fingerprint density at radius 3 is 2.78 bits per heavy atom. The lowest BCUT2D eigenvalue weighted by atomic mass is 10.1. The molecule has 0 radical (unpaired) electrons. The van der Waals surface area contributed by atoms with Crippen LogP contribution in [0.15, 0.2) is 15.8 Å². The molecule has 1 aliphatic rings. The van der Waals surface area contributed by atoms with Crippen LogP contribution in [0.5, 0.6) is 0 Å². The Hall–Kier alpha value is -1.48. The Kier molecular flexibility index (Phi) is 3.62. The van der Waals surface area contributed by atoms with Crippen LogP contribution in [0.4, 0.5) is 0 Å². The highest BCUT2D eigenvalue weighted by atomic mass is 16.5. The number of nitrogens with zero attached hydrogens (tertiary/aromatic N) is 1. The largest absolute Gasteiger partial charge is 0.394 e. The van der Waals surface area contributed by atoms with Crippen molar-refractivity contribution >= 4 is 0 Å². The van der Waals surface area contributed by atoms with Crippen LogP contribution in [0.1, 0.15) is 18.2 Å². The van der Waals surface area contributed by atoms with Crippen LogP contribution in [0.25, 0.3) is 0 Å². The number of aromatic amines is 1. The molecule has 1 aromatic heterocycles. The monoisotopic (exact) mass is 257 g/mol. The van der Waals surface area contributed by atoms with E-state index in [1.165, 1.54) is 10.8 Å². The number of H-pyrrole nitrogens is 1. The molecule has 18 heavy (non-hydrogen) atoms. The molecule has 8 nitrogen and oxygen atoms in total. The van der Waals surface area contributed by atoms with Crippen molar-refractivity contribution in [3.05, 3.63) is 32.6 Å². The SMILES string of the molecule is NC1C[C@H](n2cc(CO)c(=O)[nH]c2=O)O[C@@H]1CO. The summed E-state index contributed by atoms with van der Waals surface area (Å²) in [5.41, 5.74) is 4.56. The van der Waals surface area contributed by atoms with Gasteiger partial charge in [0, 0.05) is 18.7 Å². The lowest BCUT2D eigenvalue weighted by molar-refractivity contribution is -0.0273. The van der Waals surface area contributed by atoms with Crippen LogP contribution in [-0.4, -0.2) is 38.5 Å². The topological polar surface area (TPSA) is 131 Å². The molecule has 100 valence electrons. The highest BCUT2D eigenvalue weighted by Gasteiger charge is 2.33. The number of aliphatic hydroxyl groups is 2. The lowest BCUT2D eigenvalue weighted by Gasteiger charge is -2.15. The summed E-state index contributed by atoms with van der Waals surface area (Å²) < 4.78 is 6.58. The first-order chi connectivity index (χ1) is 8.56. The minimum absolute atomic E-state index is 0.0687. The molecule has 0 aromatic carbocycles. The lowest BCUT2D eigenvalue weighted by Crippen LogP contribution is -2.34. The molecule has 1 unspecified atom stereocenters. The third-order valence-corrected chi connectivity index (χ3v) is 2.99. The summed E-state index contributed by atoms with van der Waals surface area (Å²) in [4.78, 5) is 25.0. The second-order valence-electron chi connectivity index (χ2n) is 4.19. The molecule has 8 heteroatoms. The number of nitrogens with two attached hydrogens (primary N) is 1. The molecule has 5 N–H and O–H groups in total. The van der Waals surface area contributed by atoms with Crippen LogP contribution >= 0.6 is 0 Å². The van der Waals surface area contributed by atoms with Crippen molar-refractivity contribution in [1.29, 1.82) is 0 Å². The number of rotatable bonds is 3. The predicted molar refractivity (Wildman–Crippen MR) is 60.8 cm³/mol. The van der Waals surface area contributed by atoms with Crippen LogP contribution in [0, 0.1) is 0 Å². The van der Waals surface area contributed by atoms with E-state index >= 15 is 0 Å². The summed E-state index contributed by atoms with van der Waals surface area (Å²) >= 11 is 0. The zero-order valence-electron chi connectivity index (χ0n) is 9.57. The van der Waals surface area contributed by atoms with Crippen molar-refractivity contribution in [1.82, 2.24) is 9.55 Å². The van der Waals surface area contributed by atoms with E-state index in [0.29, 0.717) is 6.42 Å². The van der Waals surface area contributed by atoms with E-state index in [0.717, 1.165) is 0 Å². The summed E-state index contributed by atoms with van der Waals surface area (Å²) in [6, 6.07) is -0.378. The molecule has 1 aromatic rings. The average molecular weight is 257 g/mol. The van der Waals surface area contributed by atoms with E-state index in [1.54, 1.807) is 0 Å². The maximum atomic E-state index is 11.6. The first-order valence-electron chi connectivity index (χ1n) is 5.54. The molecule has 1 aliphatic heterocycles. The zero-order chi connectivity index (χ0) is 13.3. The molecular weight excluding hydrogens is 242 g/mol. The number of ether oxygens (including phenoxy) is 1. The number of hydrogen-bond donors (Lipinski definition) is 4. The third kappa shape index (κ3) is 2.23. The Morgan fingerprint density at radius 2 is 2.22 bits per heavy atom. The maximum Gasteiger partial charge on any atom is 0.330 e. The molecule has 0 amide bonds. The van der Waals surface area contributed by atoms with Gasteiger partial charge in [-0.05, 0) is 0 Å². The number of nitrogens with one attached hydrogen (secondary N) is 1. The van der Waals surface area contributed by atoms with Gasteiger partial charge in [-0.2, -0.15) is 0 Å². The smallest absolute Gasteiger partial charge is 0.330 e. The molecule has 0 saturated carbocycles. The van der Waals surface area contributed by atoms with Crippen molar-refractivity contribution < 1.29 is 14.9 Å². The van der Waals surface area contributed by atoms with Crippen molar-refractivity contribution in [2.75, 3.05) is 6.61 Å². The van der Waals surface area contributed by atoms with Crippen LogP contribution < -0.4 is 17.0 Å². The second kappa shape index (κ2) is 5.02. The third-order valence-electron chi connectivity index (χ3n) is 2.99. The summed E-state index contributed by atoms with van der Waals surface area (Å²) in [6.45, 7) is -0.708. The molecule has 0 bridgehead atoms. The number of aliphatic hydroxyl groups excluding tert-OH is 2. The zero-order valence-corrected chi connectivity index (χ0v) is 9.57. The molecule has 1 saturated heterocycles. The van der Waals surface area contributed by atoms with Gasteiger partial charge in [0.15, 0.2) is 0 Å². The van der Waals surface area contributed by atoms with Gasteiger partial charge >= 0.3 is 5.69 Å². The fourth-order valence-electron chi connectivity index (χ4n) is 1.95. The van der Waals surface area contributed by atoms with Crippen LogP contribution in [0.2, 0.25) is 0 Å². The summed E-state index contributed by atoms with van der Waals surface area (Å²) in [7, 11) is 0. The average Bonchev–Trinajstić information content (AvgIpc) is 2.70. The summed E-state index contributed by atoms with van der Waals surface area (Å²) in [5, 5.41) is 18.0. The Labute approximate surface area is 102 Å². The number of aromatic nitrogens is 2. The standard InChI is InChI=1S/C10H15N3O5/c11-6-1-8(18-7(6)4-15)13-2-5(3-14)9(16)12-10(13)17/h2,6-8,14-15H,1,3-4,11H2,(H,12,16,17)/t6?,7-,8-/m1/s1. The predicted octanol–water partition coefficient (Wildman–Crippen LogP) is -2.36. The van der Waals surface area contributed by atoms with E-state index in [-0.39, 0.29) is 18.2 Å². The molecule has 1 fully saturated rings. The van der Waals surface area contributed by atoms with Crippen molar-refractivity contribution in [2.24, 2.45) is 5.73 Å². The number of hydrogen-bond acceptors (Lipinski definition) is 6. The molecule has 0 spiro atoms. The molecule has 3 atom stereocenters. The van der Waals surface area contributed by atoms with Crippen molar-refractivity contribution in [2.45, 2.75) is 31.4 Å². The Bertz CT molecular complexity index is 537. The normalized spacial score (nSPS) is 27.6. The van der Waals surface area contributed by atoms with Gasteiger partial charge in [0.05, 0.1) is 24.9 Å². The first-order valence-corrected chi connectivity index (χ1v) is 5.54. The van der Waals surface area contributed by atoms with Gasteiger partial charge in [0.1, 0.15) is 6.23 Å². The second-order valence-corrected chi connectivity index (χ2v) is 4.19. The van der Waals surface area contributed by atoms with E-state index < -0.39 is 30.2 Å². The van der Waals surface area contributed by atoms with Crippen molar-refractivity contribution in [3.63, 3.8) is 0 Å². The van der Waals surface area contributed by atoms with Gasteiger partial charge in [-0.15, -0.1) is 0 Å². The first kappa shape index (κ1) is 13.0. The quantitative estimate of drug-likeness (QED) is 0.479. The van der Waals surface area contributed by atoms with Crippen LogP contribution in [-0.2, 0) is 11.3 Å². The van der Waals surface area contributed by atoms with Gasteiger partial charge in [-0.3, -0.25) is 14.3 Å². The van der Waals surface area contributed by atoms with Gasteiger partial charge in [0.2, 0.25) is 0 Å². The highest BCUT2D eigenvalue weighted by molar-refractivity contribution is 5.03. The van der Waals surface area contributed by atoms with E-state index in [1.807, 2.05) is 0 Å². The molecule has 0 aliphatic carbocycles. The fourth-order valence-corrected chi connectivity index (χ4v) is 1.95. The molecule has 2 heterocycles. The van der Waals surface area contributed by atoms with Gasteiger partial charge < -0.3 is 20.7 Å². The van der Waals surface area contributed by atoms with Gasteiger partial charge in [-0.25, -0.2) is 4.79 Å². The van der Waals surface area contributed by atoms with Gasteiger partial charge in [-0.1, -0.05) is 0 Å². The fraction of sp³-hybridized carbons (Fsp3) is 0.600. The maximum absolute atomic E-state index is 11.6. The summed E-state index contributed by atoms with van der Waals surface area (Å²) in [6.07, 6.45) is 0.415. The minimum Gasteiger partial charge on any atom is -0.394 e. The molecule has 2 rings (SSSR count). The van der Waals surface area contributed by atoms with Crippen LogP contribution in [0.3, 0.4) is 0 Å². The highest BCUT2D eigenvalue weighted by Crippen LogP contribution is 2.25. The van der Waals surface area contributed by atoms with E-state index in [2.05, 4.69) is 4.98 Å². The minimum atomic E-state index is -0.646. The Morgan fingerprint density at radius 1 is 1.50 bits per heavy atom. The van der Waals surface area contributed by atoms with E-state index in [9.17, 15) is 9.59 Å².